The van der Waals surface area contributed by atoms with Crippen molar-refractivity contribution in [3.63, 3.8) is 0 Å². The second kappa shape index (κ2) is 10.3. The summed E-state index contributed by atoms with van der Waals surface area (Å²) in [5.74, 6) is -0.0581. The van der Waals surface area contributed by atoms with Crippen LogP contribution in [-0.2, 0) is 4.74 Å². The molecule has 1 fully saturated rings. The summed E-state index contributed by atoms with van der Waals surface area (Å²) in [5.41, 5.74) is 3.83. The summed E-state index contributed by atoms with van der Waals surface area (Å²) in [6.45, 7) is 6.54. The molecular weight excluding hydrogens is 498 g/mol. The molecule has 0 saturated carbocycles. The molecule has 1 aliphatic rings. The Labute approximate surface area is 225 Å². The van der Waals surface area contributed by atoms with Crippen LogP contribution in [0.5, 0.6) is 0 Å². The normalized spacial score (nSPS) is 15.7. The van der Waals surface area contributed by atoms with Crippen molar-refractivity contribution >= 4 is 28.9 Å². The Morgan fingerprint density at radius 1 is 1.16 bits per heavy atom. The van der Waals surface area contributed by atoms with E-state index < -0.39 is 11.7 Å². The number of alkyl carbamates (subject to hydrolysis) is 1. The molecule has 2 amide bonds. The number of likely N-dealkylation sites (tertiary alicyclic amines) is 1. The number of amides is 2. The molecule has 1 aromatic carbocycles. The van der Waals surface area contributed by atoms with Gasteiger partial charge < -0.3 is 19.4 Å². The molecule has 5 rings (SSSR count). The van der Waals surface area contributed by atoms with Gasteiger partial charge in [-0.2, -0.15) is 5.26 Å². The first-order valence-corrected chi connectivity index (χ1v) is 13.4. The Hall–Kier alpha value is -4.16. The second-order valence-electron chi connectivity index (χ2n) is 10.4. The number of carbonyl (C=O) groups is 2. The van der Waals surface area contributed by atoms with Gasteiger partial charge in [-0.25, -0.2) is 9.78 Å². The Balaban J connectivity index is 1.44. The maximum absolute atomic E-state index is 13.7. The highest BCUT2D eigenvalue weighted by atomic mass is 32.1. The van der Waals surface area contributed by atoms with E-state index in [0.717, 1.165) is 39.9 Å². The summed E-state index contributed by atoms with van der Waals surface area (Å²) >= 11 is 1.46. The van der Waals surface area contributed by atoms with Crippen LogP contribution in [0.3, 0.4) is 0 Å². The molecule has 3 aromatic heterocycles. The third-order valence-electron chi connectivity index (χ3n) is 6.37. The molecule has 1 aliphatic heterocycles. The number of pyridine rings is 1. The standard InChI is InChI=1S/C29H29N5O3S/c1-29(2,3)37-28(36)32-22-5-4-11-33(17-22)27(35)25-14-24(20-8-6-19(15-30)7-9-20)26(38-25)21-10-12-34-18-31-16-23(34)13-21/h6-10,12-14,16,18,22H,4-5,11,17H2,1-3H3,(H,32,36)/t22-/m1/s1. The number of nitrogens with one attached hydrogen (secondary N) is 1. The van der Waals surface area contributed by atoms with Crippen LogP contribution in [0.4, 0.5) is 4.79 Å². The number of ether oxygens (including phenoxy) is 1. The molecule has 9 heteroatoms. The Kier molecular flexibility index (Phi) is 6.91. The Bertz CT molecular complexity index is 1520. The number of thiophene rings is 1. The number of hydrogen-bond acceptors (Lipinski definition) is 6. The minimum Gasteiger partial charge on any atom is -0.444 e. The predicted octanol–water partition coefficient (Wildman–Crippen LogP) is 5.73. The molecule has 194 valence electrons. The minimum absolute atomic E-state index is 0.0581. The van der Waals surface area contributed by atoms with Crippen LogP contribution in [0.15, 0.2) is 61.2 Å². The number of rotatable bonds is 4. The molecule has 1 N–H and O–H groups in total. The van der Waals surface area contributed by atoms with Crippen LogP contribution in [0.1, 0.15) is 48.8 Å². The van der Waals surface area contributed by atoms with Crippen molar-refractivity contribution < 1.29 is 14.3 Å². The van der Waals surface area contributed by atoms with Crippen LogP contribution in [0, 0.1) is 11.3 Å². The van der Waals surface area contributed by atoms with Gasteiger partial charge in [0.15, 0.2) is 0 Å². The van der Waals surface area contributed by atoms with Crippen molar-refractivity contribution in [3.8, 4) is 27.6 Å². The molecule has 4 heterocycles. The Morgan fingerprint density at radius 3 is 2.68 bits per heavy atom. The smallest absolute Gasteiger partial charge is 0.407 e. The Morgan fingerprint density at radius 2 is 1.95 bits per heavy atom. The van der Waals surface area contributed by atoms with Gasteiger partial charge in [0.25, 0.3) is 5.91 Å². The number of fused-ring (bicyclic) bond motifs is 1. The highest BCUT2D eigenvalue weighted by molar-refractivity contribution is 7.18. The highest BCUT2D eigenvalue weighted by Crippen LogP contribution is 2.40. The van der Waals surface area contributed by atoms with Crippen molar-refractivity contribution in [2.24, 2.45) is 0 Å². The van der Waals surface area contributed by atoms with Crippen molar-refractivity contribution in [2.45, 2.75) is 45.3 Å². The van der Waals surface area contributed by atoms with Gasteiger partial charge in [-0.15, -0.1) is 11.3 Å². The van der Waals surface area contributed by atoms with Gasteiger partial charge in [0.1, 0.15) is 5.60 Å². The average molecular weight is 528 g/mol. The topological polar surface area (TPSA) is 99.7 Å². The lowest BCUT2D eigenvalue weighted by atomic mass is 10.0. The molecule has 8 nitrogen and oxygen atoms in total. The van der Waals surface area contributed by atoms with Gasteiger partial charge in [0.2, 0.25) is 0 Å². The van der Waals surface area contributed by atoms with E-state index in [1.807, 2.05) is 60.5 Å². The summed E-state index contributed by atoms with van der Waals surface area (Å²) in [6.07, 6.45) is 6.64. The molecular formula is C29H29N5O3S. The van der Waals surface area contributed by atoms with Crippen molar-refractivity contribution in [3.05, 3.63) is 71.6 Å². The number of aromatic nitrogens is 2. The molecule has 0 unspecified atom stereocenters. The zero-order valence-corrected chi connectivity index (χ0v) is 22.4. The minimum atomic E-state index is -0.580. The third kappa shape index (κ3) is 5.55. The molecule has 1 atom stereocenters. The fourth-order valence-electron chi connectivity index (χ4n) is 4.62. The van der Waals surface area contributed by atoms with Crippen LogP contribution in [-0.4, -0.2) is 51.0 Å². The number of nitrogens with zero attached hydrogens (tertiary/aromatic N) is 4. The molecule has 0 bridgehead atoms. The molecule has 38 heavy (non-hydrogen) atoms. The van der Waals surface area contributed by atoms with E-state index in [9.17, 15) is 14.9 Å². The molecule has 1 saturated heterocycles. The van der Waals surface area contributed by atoms with Crippen LogP contribution < -0.4 is 5.32 Å². The zero-order chi connectivity index (χ0) is 26.9. The van der Waals surface area contributed by atoms with Crippen molar-refractivity contribution in [1.82, 2.24) is 19.6 Å². The third-order valence-corrected chi connectivity index (χ3v) is 7.55. The first-order chi connectivity index (χ1) is 18.2. The van der Waals surface area contributed by atoms with Gasteiger partial charge in [0, 0.05) is 35.8 Å². The number of carbonyl (C=O) groups excluding carboxylic acids is 2. The highest BCUT2D eigenvalue weighted by Gasteiger charge is 2.29. The zero-order valence-electron chi connectivity index (χ0n) is 21.6. The van der Waals surface area contributed by atoms with Gasteiger partial charge >= 0.3 is 6.09 Å². The number of imidazole rings is 1. The fourth-order valence-corrected chi connectivity index (χ4v) is 5.76. The van der Waals surface area contributed by atoms with E-state index in [1.165, 1.54) is 11.3 Å². The van der Waals surface area contributed by atoms with Gasteiger partial charge in [0.05, 0.1) is 34.6 Å². The van der Waals surface area contributed by atoms with Crippen molar-refractivity contribution in [1.29, 1.82) is 5.26 Å². The maximum Gasteiger partial charge on any atom is 0.407 e. The summed E-state index contributed by atoms with van der Waals surface area (Å²) in [6, 6.07) is 15.4. The summed E-state index contributed by atoms with van der Waals surface area (Å²) in [4.78, 5) is 33.6. The summed E-state index contributed by atoms with van der Waals surface area (Å²) in [7, 11) is 0. The lowest BCUT2D eigenvalue weighted by Crippen LogP contribution is -2.50. The van der Waals surface area contributed by atoms with E-state index in [1.54, 1.807) is 24.7 Å². The largest absolute Gasteiger partial charge is 0.444 e. The van der Waals surface area contributed by atoms with E-state index in [0.29, 0.717) is 23.5 Å². The number of nitriles is 1. The van der Waals surface area contributed by atoms with E-state index in [-0.39, 0.29) is 11.9 Å². The maximum atomic E-state index is 13.7. The van der Waals surface area contributed by atoms with Gasteiger partial charge in [-0.3, -0.25) is 4.79 Å². The molecule has 0 radical (unpaired) electrons. The molecule has 0 aliphatic carbocycles. The number of piperidine rings is 1. The van der Waals surface area contributed by atoms with Crippen LogP contribution in [0.2, 0.25) is 0 Å². The average Bonchev–Trinajstić information content (AvgIpc) is 3.54. The monoisotopic (exact) mass is 527 g/mol. The first-order valence-electron chi connectivity index (χ1n) is 12.6. The number of hydrogen-bond donors (Lipinski definition) is 1. The van der Waals surface area contributed by atoms with Gasteiger partial charge in [-0.1, -0.05) is 12.1 Å². The first kappa shape index (κ1) is 25.5. The quantitative estimate of drug-likeness (QED) is 0.365. The fraction of sp³-hybridized carbons (Fsp3) is 0.310. The molecule has 0 spiro atoms. The lowest BCUT2D eigenvalue weighted by Gasteiger charge is -2.33. The van der Waals surface area contributed by atoms with E-state index >= 15 is 0 Å². The predicted molar refractivity (Wildman–Crippen MR) is 147 cm³/mol. The second-order valence-corrected chi connectivity index (χ2v) is 11.5. The molecule has 4 aromatic rings. The summed E-state index contributed by atoms with van der Waals surface area (Å²) in [5, 5.41) is 12.1. The van der Waals surface area contributed by atoms with Crippen LogP contribution >= 0.6 is 11.3 Å². The van der Waals surface area contributed by atoms with E-state index in [2.05, 4.69) is 22.4 Å². The number of benzene rings is 1. The van der Waals surface area contributed by atoms with Crippen LogP contribution in [0.25, 0.3) is 27.1 Å². The van der Waals surface area contributed by atoms with E-state index in [4.69, 9.17) is 4.74 Å². The summed E-state index contributed by atoms with van der Waals surface area (Å²) < 4.78 is 7.34. The SMILES string of the molecule is CC(C)(C)OC(=O)N[C@@H]1CCCN(C(=O)c2cc(-c3ccc(C#N)cc3)c(-c3ccn4cncc4c3)s2)C1. The van der Waals surface area contributed by atoms with Crippen molar-refractivity contribution in [2.75, 3.05) is 13.1 Å². The van der Waals surface area contributed by atoms with Gasteiger partial charge in [-0.05, 0) is 75.1 Å². The lowest BCUT2D eigenvalue weighted by molar-refractivity contribution is 0.0453.